The van der Waals surface area contributed by atoms with Crippen molar-refractivity contribution in [2.75, 3.05) is 11.5 Å². The summed E-state index contributed by atoms with van der Waals surface area (Å²) in [4.78, 5) is 7.82. The van der Waals surface area contributed by atoms with Gasteiger partial charge in [0.05, 0.1) is 10.2 Å². The highest BCUT2D eigenvalue weighted by Crippen LogP contribution is 2.23. The Morgan fingerprint density at radius 2 is 2.00 bits per heavy atom. The average molecular weight is 203 g/mol. The first-order valence-electron chi connectivity index (χ1n) is 3.03. The van der Waals surface area contributed by atoms with Crippen LogP contribution in [0.1, 0.15) is 0 Å². The van der Waals surface area contributed by atoms with Gasteiger partial charge in [-0.05, 0) is 11.4 Å². The monoisotopic (exact) mass is 202 g/mol. The number of nitrogens with zero attached hydrogens (tertiary/aromatic N) is 2. The maximum absolute atomic E-state index is 5.58. The SMILES string of the molecule is Cl.Nc1nc(N)c2sccc2n1. The standard InChI is InChI=1S/C6H6N4S.ClH/c7-5-4-3(1-2-11-4)9-6(8)10-5;/h1-2H,(H4,7,8,9,10);1H. The van der Waals surface area contributed by atoms with E-state index in [1.54, 1.807) is 0 Å². The van der Waals surface area contributed by atoms with E-state index >= 15 is 0 Å². The number of anilines is 2. The van der Waals surface area contributed by atoms with Crippen LogP contribution in [0.3, 0.4) is 0 Å². The largest absolute Gasteiger partial charge is 0.382 e. The third kappa shape index (κ3) is 1.28. The van der Waals surface area contributed by atoms with Gasteiger partial charge >= 0.3 is 0 Å². The molecule has 0 atom stereocenters. The van der Waals surface area contributed by atoms with E-state index in [1.807, 2.05) is 11.4 Å². The predicted octanol–water partition coefficient (Wildman–Crippen LogP) is 1.28. The topological polar surface area (TPSA) is 77.8 Å². The molecule has 0 aliphatic rings. The van der Waals surface area contributed by atoms with E-state index in [1.165, 1.54) is 11.3 Å². The Kier molecular flexibility index (Phi) is 2.35. The van der Waals surface area contributed by atoms with Gasteiger partial charge in [0.1, 0.15) is 5.82 Å². The Morgan fingerprint density at radius 3 is 2.75 bits per heavy atom. The molecule has 6 heteroatoms. The summed E-state index contributed by atoms with van der Waals surface area (Å²) < 4.78 is 0.902. The van der Waals surface area contributed by atoms with Gasteiger partial charge in [0, 0.05) is 0 Å². The maximum Gasteiger partial charge on any atom is 0.222 e. The second-order valence-electron chi connectivity index (χ2n) is 2.10. The lowest BCUT2D eigenvalue weighted by atomic mass is 10.4. The second kappa shape index (κ2) is 3.12. The fourth-order valence-electron chi connectivity index (χ4n) is 0.905. The van der Waals surface area contributed by atoms with Crippen molar-refractivity contribution in [1.82, 2.24) is 9.97 Å². The molecule has 2 aromatic rings. The van der Waals surface area contributed by atoms with E-state index < -0.39 is 0 Å². The van der Waals surface area contributed by atoms with Gasteiger partial charge in [0.15, 0.2) is 0 Å². The molecule has 0 aromatic carbocycles. The number of rotatable bonds is 0. The molecular weight excluding hydrogens is 196 g/mol. The number of nitrogen functional groups attached to an aromatic ring is 2. The van der Waals surface area contributed by atoms with Crippen LogP contribution in [0, 0.1) is 0 Å². The molecular formula is C6H7ClN4S. The second-order valence-corrected chi connectivity index (χ2v) is 3.02. The summed E-state index contributed by atoms with van der Waals surface area (Å²) in [6.07, 6.45) is 0. The zero-order valence-corrected chi connectivity index (χ0v) is 7.65. The van der Waals surface area contributed by atoms with Gasteiger partial charge in [-0.15, -0.1) is 23.7 Å². The Morgan fingerprint density at radius 1 is 1.25 bits per heavy atom. The van der Waals surface area contributed by atoms with E-state index in [2.05, 4.69) is 9.97 Å². The van der Waals surface area contributed by atoms with Crippen molar-refractivity contribution in [2.24, 2.45) is 0 Å². The summed E-state index contributed by atoms with van der Waals surface area (Å²) in [5.41, 5.74) is 11.8. The van der Waals surface area contributed by atoms with E-state index in [0.29, 0.717) is 5.82 Å². The molecule has 0 amide bonds. The van der Waals surface area contributed by atoms with Crippen LogP contribution in [0.25, 0.3) is 10.2 Å². The summed E-state index contributed by atoms with van der Waals surface area (Å²) >= 11 is 1.52. The van der Waals surface area contributed by atoms with E-state index in [0.717, 1.165) is 10.2 Å². The number of hydrogen-bond acceptors (Lipinski definition) is 5. The highest BCUT2D eigenvalue weighted by Gasteiger charge is 2.02. The minimum atomic E-state index is 0. The predicted molar refractivity (Wildman–Crippen MR) is 53.5 cm³/mol. The molecule has 0 spiro atoms. The number of halogens is 1. The third-order valence-electron chi connectivity index (χ3n) is 1.35. The van der Waals surface area contributed by atoms with Crippen molar-refractivity contribution in [1.29, 1.82) is 0 Å². The number of thiophene rings is 1. The lowest BCUT2D eigenvalue weighted by Crippen LogP contribution is -1.98. The van der Waals surface area contributed by atoms with Gasteiger partial charge < -0.3 is 11.5 Å². The van der Waals surface area contributed by atoms with Gasteiger partial charge in [-0.25, -0.2) is 4.98 Å². The smallest absolute Gasteiger partial charge is 0.222 e. The molecule has 0 saturated carbocycles. The number of fused-ring (bicyclic) bond motifs is 1. The first kappa shape index (κ1) is 9.02. The van der Waals surface area contributed by atoms with Crippen molar-refractivity contribution < 1.29 is 0 Å². The fraction of sp³-hybridized carbons (Fsp3) is 0. The molecule has 0 unspecified atom stereocenters. The molecule has 0 aliphatic heterocycles. The normalized spacial score (nSPS) is 9.67. The molecule has 64 valence electrons. The van der Waals surface area contributed by atoms with Crippen LogP contribution < -0.4 is 11.5 Å². The van der Waals surface area contributed by atoms with Gasteiger partial charge in [-0.1, -0.05) is 0 Å². The van der Waals surface area contributed by atoms with Crippen LogP contribution in [0.15, 0.2) is 11.4 Å². The average Bonchev–Trinajstić information content (AvgIpc) is 2.34. The Balaban J connectivity index is 0.000000720. The summed E-state index contributed by atoms with van der Waals surface area (Å²) in [6.45, 7) is 0. The van der Waals surface area contributed by atoms with Crippen LogP contribution in [-0.4, -0.2) is 9.97 Å². The molecule has 2 heterocycles. The molecule has 4 nitrogen and oxygen atoms in total. The van der Waals surface area contributed by atoms with Crippen molar-refractivity contribution >= 4 is 45.7 Å². The summed E-state index contributed by atoms with van der Waals surface area (Å²) in [5, 5.41) is 1.91. The lowest BCUT2D eigenvalue weighted by molar-refractivity contribution is 1.25. The Bertz CT molecular complexity index is 399. The number of nitrogens with two attached hydrogens (primary N) is 2. The van der Waals surface area contributed by atoms with Crippen molar-refractivity contribution in [3.05, 3.63) is 11.4 Å². The number of hydrogen-bond donors (Lipinski definition) is 2. The van der Waals surface area contributed by atoms with Crippen LogP contribution >= 0.6 is 23.7 Å². The molecule has 2 rings (SSSR count). The quantitative estimate of drug-likeness (QED) is 0.675. The summed E-state index contributed by atoms with van der Waals surface area (Å²) in [7, 11) is 0. The lowest BCUT2D eigenvalue weighted by Gasteiger charge is -1.95. The molecule has 2 aromatic heterocycles. The Hall–Kier alpha value is -1.07. The van der Waals surface area contributed by atoms with E-state index in [9.17, 15) is 0 Å². The Labute approximate surface area is 79.0 Å². The zero-order valence-electron chi connectivity index (χ0n) is 6.02. The fourth-order valence-corrected chi connectivity index (χ4v) is 1.64. The van der Waals surface area contributed by atoms with Crippen LogP contribution in [0.5, 0.6) is 0 Å². The number of aromatic nitrogens is 2. The van der Waals surface area contributed by atoms with E-state index in [-0.39, 0.29) is 18.4 Å². The summed E-state index contributed by atoms with van der Waals surface area (Å²) in [5.74, 6) is 0.691. The zero-order chi connectivity index (χ0) is 7.84. The molecule has 0 aliphatic carbocycles. The minimum absolute atomic E-state index is 0. The van der Waals surface area contributed by atoms with Gasteiger partial charge in [-0.3, -0.25) is 0 Å². The first-order chi connectivity index (χ1) is 5.27. The van der Waals surface area contributed by atoms with Crippen LogP contribution in [0.4, 0.5) is 11.8 Å². The van der Waals surface area contributed by atoms with Crippen molar-refractivity contribution in [2.45, 2.75) is 0 Å². The molecule has 0 saturated heterocycles. The first-order valence-corrected chi connectivity index (χ1v) is 3.91. The molecule has 0 radical (unpaired) electrons. The van der Waals surface area contributed by atoms with Crippen LogP contribution in [-0.2, 0) is 0 Å². The molecule has 0 fully saturated rings. The molecule has 0 bridgehead atoms. The molecule has 4 N–H and O–H groups in total. The van der Waals surface area contributed by atoms with Crippen molar-refractivity contribution in [3.8, 4) is 0 Å². The molecule has 12 heavy (non-hydrogen) atoms. The third-order valence-corrected chi connectivity index (χ3v) is 2.27. The highest BCUT2D eigenvalue weighted by molar-refractivity contribution is 7.17. The van der Waals surface area contributed by atoms with Crippen LogP contribution in [0.2, 0.25) is 0 Å². The van der Waals surface area contributed by atoms with Gasteiger partial charge in [0.2, 0.25) is 5.95 Å². The van der Waals surface area contributed by atoms with Crippen molar-refractivity contribution in [3.63, 3.8) is 0 Å². The van der Waals surface area contributed by atoms with Gasteiger partial charge in [0.25, 0.3) is 0 Å². The maximum atomic E-state index is 5.58. The highest BCUT2D eigenvalue weighted by atomic mass is 35.5. The summed E-state index contributed by atoms with van der Waals surface area (Å²) in [6, 6.07) is 1.87. The van der Waals surface area contributed by atoms with E-state index in [4.69, 9.17) is 11.5 Å². The minimum Gasteiger partial charge on any atom is -0.382 e. The van der Waals surface area contributed by atoms with Gasteiger partial charge in [-0.2, -0.15) is 4.98 Å².